The number of anilines is 1. The van der Waals surface area contributed by atoms with Crippen molar-refractivity contribution in [2.24, 2.45) is 5.41 Å². The Bertz CT molecular complexity index is 368. The van der Waals surface area contributed by atoms with Crippen LogP contribution in [0, 0.1) is 5.41 Å². The largest absolute Gasteiger partial charge is 0.371 e. The summed E-state index contributed by atoms with van der Waals surface area (Å²) in [6.07, 6.45) is 2.65. The summed E-state index contributed by atoms with van der Waals surface area (Å²) in [7, 11) is 0. The Kier molecular flexibility index (Phi) is 2.56. The predicted octanol–water partition coefficient (Wildman–Crippen LogP) is 2.53. The van der Waals surface area contributed by atoms with Crippen molar-refractivity contribution in [3.05, 3.63) is 29.3 Å². The molecule has 0 radical (unpaired) electrons. The molecule has 2 heterocycles. The third-order valence-electron chi connectivity index (χ3n) is 3.96. The zero-order valence-electron chi connectivity index (χ0n) is 9.38. The average Bonchev–Trinajstić information content (AvgIpc) is 2.91. The SMILES string of the molecule is Clc1ccc(N2CC[C@@]3(CCNC3)C2)cc1. The molecule has 1 aromatic rings. The van der Waals surface area contributed by atoms with Gasteiger partial charge in [0.2, 0.25) is 0 Å². The van der Waals surface area contributed by atoms with E-state index in [1.54, 1.807) is 0 Å². The molecule has 2 aliphatic rings. The third kappa shape index (κ3) is 1.80. The molecule has 86 valence electrons. The minimum absolute atomic E-state index is 0.541. The molecule has 0 saturated carbocycles. The lowest BCUT2D eigenvalue weighted by Crippen LogP contribution is -2.28. The van der Waals surface area contributed by atoms with Crippen molar-refractivity contribution in [2.45, 2.75) is 12.8 Å². The van der Waals surface area contributed by atoms with Crippen LogP contribution in [-0.4, -0.2) is 26.2 Å². The highest BCUT2D eigenvalue weighted by Gasteiger charge is 2.40. The molecular weight excluding hydrogens is 220 g/mol. The van der Waals surface area contributed by atoms with Crippen molar-refractivity contribution >= 4 is 17.3 Å². The highest BCUT2D eigenvalue weighted by atomic mass is 35.5. The first kappa shape index (κ1) is 10.4. The molecule has 16 heavy (non-hydrogen) atoms. The van der Waals surface area contributed by atoms with E-state index in [1.807, 2.05) is 12.1 Å². The van der Waals surface area contributed by atoms with Crippen LogP contribution in [0.5, 0.6) is 0 Å². The molecule has 0 amide bonds. The van der Waals surface area contributed by atoms with Crippen molar-refractivity contribution in [1.82, 2.24) is 5.32 Å². The Balaban J connectivity index is 1.75. The topological polar surface area (TPSA) is 15.3 Å². The maximum absolute atomic E-state index is 5.91. The van der Waals surface area contributed by atoms with Crippen LogP contribution in [0.3, 0.4) is 0 Å². The van der Waals surface area contributed by atoms with Crippen molar-refractivity contribution < 1.29 is 0 Å². The van der Waals surface area contributed by atoms with Crippen LogP contribution in [0.15, 0.2) is 24.3 Å². The number of nitrogens with zero attached hydrogens (tertiary/aromatic N) is 1. The summed E-state index contributed by atoms with van der Waals surface area (Å²) in [5.74, 6) is 0. The quantitative estimate of drug-likeness (QED) is 0.806. The molecule has 0 aliphatic carbocycles. The van der Waals surface area contributed by atoms with E-state index in [4.69, 9.17) is 11.6 Å². The summed E-state index contributed by atoms with van der Waals surface area (Å²) in [4.78, 5) is 2.49. The first-order valence-corrected chi connectivity index (χ1v) is 6.37. The second-order valence-electron chi connectivity index (χ2n) is 5.07. The van der Waals surface area contributed by atoms with Gasteiger partial charge in [0.1, 0.15) is 0 Å². The maximum Gasteiger partial charge on any atom is 0.0407 e. The van der Waals surface area contributed by atoms with Gasteiger partial charge in [-0.05, 0) is 43.7 Å². The van der Waals surface area contributed by atoms with Crippen molar-refractivity contribution in [2.75, 3.05) is 31.1 Å². The lowest BCUT2D eigenvalue weighted by molar-refractivity contribution is 0.369. The first-order chi connectivity index (χ1) is 7.77. The summed E-state index contributed by atoms with van der Waals surface area (Å²) < 4.78 is 0. The van der Waals surface area contributed by atoms with Crippen LogP contribution in [0.25, 0.3) is 0 Å². The fourth-order valence-corrected chi connectivity index (χ4v) is 3.08. The van der Waals surface area contributed by atoms with Gasteiger partial charge < -0.3 is 10.2 Å². The van der Waals surface area contributed by atoms with E-state index in [0.717, 1.165) is 5.02 Å². The highest BCUT2D eigenvalue weighted by molar-refractivity contribution is 6.30. The monoisotopic (exact) mass is 236 g/mol. The standard InChI is InChI=1S/C13H17ClN2/c14-11-1-3-12(4-2-11)16-8-6-13(10-16)5-7-15-9-13/h1-4,15H,5-10H2/t13-/m1/s1. The Labute approximate surface area is 102 Å². The van der Waals surface area contributed by atoms with Crippen LogP contribution < -0.4 is 10.2 Å². The van der Waals surface area contributed by atoms with E-state index in [9.17, 15) is 0 Å². The Morgan fingerprint density at radius 2 is 2.00 bits per heavy atom. The molecule has 2 fully saturated rings. The number of benzene rings is 1. The van der Waals surface area contributed by atoms with Gasteiger partial charge in [0, 0.05) is 35.8 Å². The molecule has 1 N–H and O–H groups in total. The second kappa shape index (κ2) is 3.94. The van der Waals surface area contributed by atoms with Gasteiger partial charge >= 0.3 is 0 Å². The molecule has 1 aromatic carbocycles. The van der Waals surface area contributed by atoms with Gasteiger partial charge in [0.25, 0.3) is 0 Å². The minimum Gasteiger partial charge on any atom is -0.371 e. The van der Waals surface area contributed by atoms with Crippen molar-refractivity contribution in [3.8, 4) is 0 Å². The maximum atomic E-state index is 5.91. The lowest BCUT2D eigenvalue weighted by atomic mass is 9.86. The fourth-order valence-electron chi connectivity index (χ4n) is 2.95. The highest BCUT2D eigenvalue weighted by Crippen LogP contribution is 2.38. The molecule has 0 aromatic heterocycles. The Hall–Kier alpha value is -0.730. The molecule has 3 heteroatoms. The van der Waals surface area contributed by atoms with Gasteiger partial charge in [0.05, 0.1) is 0 Å². The lowest BCUT2D eigenvalue weighted by Gasteiger charge is -2.24. The number of nitrogens with one attached hydrogen (secondary N) is 1. The summed E-state index contributed by atoms with van der Waals surface area (Å²) >= 11 is 5.91. The van der Waals surface area contributed by atoms with E-state index in [1.165, 1.54) is 44.7 Å². The molecule has 0 unspecified atom stereocenters. The first-order valence-electron chi connectivity index (χ1n) is 5.99. The van der Waals surface area contributed by atoms with E-state index in [0.29, 0.717) is 5.41 Å². The van der Waals surface area contributed by atoms with E-state index in [-0.39, 0.29) is 0 Å². The molecule has 3 rings (SSSR count). The Morgan fingerprint density at radius 3 is 2.69 bits per heavy atom. The van der Waals surface area contributed by atoms with Gasteiger partial charge in [-0.2, -0.15) is 0 Å². The number of halogens is 1. The average molecular weight is 237 g/mol. The molecule has 2 nitrogen and oxygen atoms in total. The van der Waals surface area contributed by atoms with E-state index >= 15 is 0 Å². The third-order valence-corrected chi connectivity index (χ3v) is 4.21. The van der Waals surface area contributed by atoms with Gasteiger partial charge in [-0.15, -0.1) is 0 Å². The van der Waals surface area contributed by atoms with Crippen LogP contribution in [0.1, 0.15) is 12.8 Å². The van der Waals surface area contributed by atoms with Crippen LogP contribution in [0.4, 0.5) is 5.69 Å². The fraction of sp³-hybridized carbons (Fsp3) is 0.538. The zero-order valence-corrected chi connectivity index (χ0v) is 10.1. The molecule has 1 atom stereocenters. The number of hydrogen-bond donors (Lipinski definition) is 1. The van der Waals surface area contributed by atoms with Gasteiger partial charge in [0.15, 0.2) is 0 Å². The zero-order chi connectivity index (χ0) is 11.0. The molecule has 1 spiro atoms. The molecule has 0 bridgehead atoms. The molecule has 2 saturated heterocycles. The van der Waals surface area contributed by atoms with Gasteiger partial charge in [-0.3, -0.25) is 0 Å². The summed E-state index contributed by atoms with van der Waals surface area (Å²) in [5, 5.41) is 4.31. The molecular formula is C13H17ClN2. The second-order valence-corrected chi connectivity index (χ2v) is 5.51. The summed E-state index contributed by atoms with van der Waals surface area (Å²) in [6.45, 7) is 4.76. The minimum atomic E-state index is 0.541. The number of hydrogen-bond acceptors (Lipinski definition) is 2. The van der Waals surface area contributed by atoms with Crippen molar-refractivity contribution in [1.29, 1.82) is 0 Å². The molecule has 2 aliphatic heterocycles. The van der Waals surface area contributed by atoms with Crippen molar-refractivity contribution in [3.63, 3.8) is 0 Å². The van der Waals surface area contributed by atoms with Crippen LogP contribution >= 0.6 is 11.6 Å². The van der Waals surface area contributed by atoms with Crippen LogP contribution in [-0.2, 0) is 0 Å². The summed E-state index contributed by atoms with van der Waals surface area (Å²) in [6, 6.07) is 8.22. The number of rotatable bonds is 1. The van der Waals surface area contributed by atoms with E-state index < -0.39 is 0 Å². The normalized spacial score (nSPS) is 29.2. The van der Waals surface area contributed by atoms with Gasteiger partial charge in [-0.1, -0.05) is 11.6 Å². The van der Waals surface area contributed by atoms with Gasteiger partial charge in [-0.25, -0.2) is 0 Å². The van der Waals surface area contributed by atoms with E-state index in [2.05, 4.69) is 22.3 Å². The summed E-state index contributed by atoms with van der Waals surface area (Å²) in [5.41, 5.74) is 1.85. The Morgan fingerprint density at radius 1 is 1.19 bits per heavy atom. The smallest absolute Gasteiger partial charge is 0.0407 e. The predicted molar refractivity (Wildman–Crippen MR) is 68.2 cm³/mol. The van der Waals surface area contributed by atoms with Crippen LogP contribution in [0.2, 0.25) is 5.02 Å².